The van der Waals surface area contributed by atoms with Crippen LogP contribution in [0.1, 0.15) is 25.2 Å². The number of carbonyl (C=O) groups excluding carboxylic acids is 2. The highest BCUT2D eigenvalue weighted by Gasteiger charge is 2.21. The normalized spacial score (nSPS) is 14.6. The summed E-state index contributed by atoms with van der Waals surface area (Å²) in [6.07, 6.45) is 3.23. The maximum Gasteiger partial charge on any atom is 0.246 e. The van der Waals surface area contributed by atoms with E-state index in [-0.39, 0.29) is 18.4 Å². The van der Waals surface area contributed by atoms with Gasteiger partial charge in [0.25, 0.3) is 0 Å². The maximum atomic E-state index is 12.7. The van der Waals surface area contributed by atoms with E-state index in [9.17, 15) is 9.59 Å². The quantitative estimate of drug-likeness (QED) is 0.537. The van der Waals surface area contributed by atoms with Gasteiger partial charge in [-0.1, -0.05) is 30.6 Å². The molecule has 1 saturated heterocycles. The molecule has 0 bridgehead atoms. The molecule has 184 valence electrons. The number of piperazine rings is 1. The van der Waals surface area contributed by atoms with Crippen molar-refractivity contribution in [3.05, 3.63) is 40.6 Å². The number of benzene rings is 1. The third-order valence-electron chi connectivity index (χ3n) is 5.18. The lowest BCUT2D eigenvalue weighted by atomic mass is 10.1. The van der Waals surface area contributed by atoms with Gasteiger partial charge in [0.05, 0.1) is 25.3 Å². The molecule has 0 radical (unpaired) electrons. The molecule has 34 heavy (non-hydrogen) atoms. The lowest BCUT2D eigenvalue weighted by Gasteiger charge is -2.33. The van der Waals surface area contributed by atoms with Crippen molar-refractivity contribution in [3.63, 3.8) is 0 Å². The molecule has 0 spiro atoms. The van der Waals surface area contributed by atoms with E-state index in [1.807, 2.05) is 4.90 Å². The van der Waals surface area contributed by atoms with Gasteiger partial charge in [-0.05, 0) is 36.6 Å². The van der Waals surface area contributed by atoms with Gasteiger partial charge in [-0.2, -0.15) is 0 Å². The number of aryl methyl sites for hydroxylation is 1. The Labute approximate surface area is 204 Å². The van der Waals surface area contributed by atoms with Crippen LogP contribution >= 0.6 is 11.6 Å². The number of rotatable bonds is 9. The summed E-state index contributed by atoms with van der Waals surface area (Å²) in [5.74, 6) is 2.14. The van der Waals surface area contributed by atoms with E-state index in [0.717, 1.165) is 5.56 Å². The smallest absolute Gasteiger partial charge is 0.246 e. The summed E-state index contributed by atoms with van der Waals surface area (Å²) in [7, 11) is 1.55. The van der Waals surface area contributed by atoms with Crippen LogP contribution < -0.4 is 14.8 Å². The molecule has 2 heterocycles. The molecule has 0 unspecified atom stereocenters. The Balaban J connectivity index is 1.51. The van der Waals surface area contributed by atoms with Crippen LogP contribution in [0.3, 0.4) is 0 Å². The first kappa shape index (κ1) is 25.6. The van der Waals surface area contributed by atoms with Gasteiger partial charge in [0, 0.05) is 38.3 Å². The number of anilines is 1. The number of carbonyl (C=O) groups is 2. The van der Waals surface area contributed by atoms with Crippen molar-refractivity contribution >= 4 is 35.3 Å². The van der Waals surface area contributed by atoms with Crippen molar-refractivity contribution in [1.29, 1.82) is 0 Å². The fraction of sp³-hybridized carbons (Fsp3) is 0.458. The van der Waals surface area contributed by atoms with Crippen LogP contribution in [0.15, 0.2) is 28.8 Å². The minimum Gasteiger partial charge on any atom is -0.493 e. The van der Waals surface area contributed by atoms with Crippen molar-refractivity contribution in [2.45, 2.75) is 20.8 Å². The fourth-order valence-electron chi connectivity index (χ4n) is 3.44. The standard InChI is InChI=1S/C24H31ClN4O5/c1-16(2)15-33-24-19(25)12-18(13-20(24)32-4)5-6-23(31)29-9-7-28(8-10-29)14-22(30)26-21-11-17(3)34-27-21/h5-6,11-13,16H,7-10,14-15H2,1-4H3,(H,26,27,30). The predicted molar refractivity (Wildman–Crippen MR) is 130 cm³/mol. The number of hydrogen-bond acceptors (Lipinski definition) is 7. The molecule has 1 aliphatic heterocycles. The Bertz CT molecular complexity index is 1030. The zero-order valence-corrected chi connectivity index (χ0v) is 20.7. The Morgan fingerprint density at radius 1 is 1.24 bits per heavy atom. The molecular formula is C24H31ClN4O5. The maximum absolute atomic E-state index is 12.7. The molecule has 0 saturated carbocycles. The first-order chi connectivity index (χ1) is 16.2. The number of ether oxygens (including phenoxy) is 2. The highest BCUT2D eigenvalue weighted by atomic mass is 35.5. The number of nitrogens with one attached hydrogen (secondary N) is 1. The number of hydrogen-bond donors (Lipinski definition) is 1. The van der Waals surface area contributed by atoms with E-state index in [1.165, 1.54) is 6.08 Å². The fourth-order valence-corrected chi connectivity index (χ4v) is 3.71. The van der Waals surface area contributed by atoms with Crippen molar-refractivity contribution in [2.24, 2.45) is 5.92 Å². The summed E-state index contributed by atoms with van der Waals surface area (Å²) in [5, 5.41) is 6.89. The average Bonchev–Trinajstić information content (AvgIpc) is 3.20. The number of aromatic nitrogens is 1. The van der Waals surface area contributed by atoms with Crippen molar-refractivity contribution < 1.29 is 23.6 Å². The lowest BCUT2D eigenvalue weighted by Crippen LogP contribution is -2.50. The molecule has 2 amide bonds. The highest BCUT2D eigenvalue weighted by Crippen LogP contribution is 2.37. The van der Waals surface area contributed by atoms with Crippen LogP contribution in [0.25, 0.3) is 6.08 Å². The first-order valence-electron chi connectivity index (χ1n) is 11.2. The topological polar surface area (TPSA) is 97.1 Å². The molecule has 1 aliphatic rings. The number of amides is 2. The van der Waals surface area contributed by atoms with Crippen LogP contribution in [0.5, 0.6) is 11.5 Å². The molecule has 0 atom stereocenters. The molecule has 10 heteroatoms. The van der Waals surface area contributed by atoms with Crippen LogP contribution in [-0.4, -0.2) is 73.2 Å². The molecule has 1 aromatic heterocycles. The van der Waals surface area contributed by atoms with Gasteiger partial charge < -0.3 is 24.2 Å². The molecular weight excluding hydrogens is 460 g/mol. The Hall–Kier alpha value is -3.04. The van der Waals surface area contributed by atoms with Gasteiger partial charge in [-0.15, -0.1) is 0 Å². The van der Waals surface area contributed by atoms with Gasteiger partial charge in [0.2, 0.25) is 11.8 Å². The minimum atomic E-state index is -0.167. The van der Waals surface area contributed by atoms with E-state index in [0.29, 0.717) is 66.8 Å². The number of methoxy groups -OCH3 is 1. The second-order valence-corrected chi connectivity index (χ2v) is 8.95. The zero-order valence-electron chi connectivity index (χ0n) is 20.0. The number of halogens is 1. The third-order valence-corrected chi connectivity index (χ3v) is 5.46. The Kier molecular flexibility index (Phi) is 8.95. The zero-order chi connectivity index (χ0) is 24.7. The van der Waals surface area contributed by atoms with E-state index in [4.69, 9.17) is 25.6 Å². The summed E-state index contributed by atoms with van der Waals surface area (Å²) >= 11 is 6.39. The van der Waals surface area contributed by atoms with Gasteiger partial charge in [-0.25, -0.2) is 0 Å². The molecule has 1 fully saturated rings. The van der Waals surface area contributed by atoms with Gasteiger partial charge >= 0.3 is 0 Å². The summed E-state index contributed by atoms with van der Waals surface area (Å²) < 4.78 is 16.1. The minimum absolute atomic E-state index is 0.0996. The monoisotopic (exact) mass is 490 g/mol. The SMILES string of the molecule is COc1cc(C=CC(=O)N2CCN(CC(=O)Nc3cc(C)on3)CC2)cc(Cl)c1OCC(C)C. The number of nitrogens with zero attached hydrogens (tertiary/aromatic N) is 3. The van der Waals surface area contributed by atoms with Crippen molar-refractivity contribution in [1.82, 2.24) is 15.0 Å². The van der Waals surface area contributed by atoms with E-state index in [2.05, 4.69) is 24.3 Å². The third kappa shape index (κ3) is 7.23. The van der Waals surface area contributed by atoms with E-state index in [1.54, 1.807) is 43.2 Å². The second kappa shape index (κ2) is 11.9. The summed E-state index contributed by atoms with van der Waals surface area (Å²) in [6, 6.07) is 5.20. The Morgan fingerprint density at radius 2 is 1.97 bits per heavy atom. The molecule has 2 aromatic rings. The summed E-state index contributed by atoms with van der Waals surface area (Å²) in [6.45, 7) is 8.89. The van der Waals surface area contributed by atoms with Crippen molar-refractivity contribution in [3.8, 4) is 11.5 Å². The molecule has 1 N–H and O–H groups in total. The lowest BCUT2D eigenvalue weighted by molar-refractivity contribution is -0.127. The molecule has 3 rings (SSSR count). The van der Waals surface area contributed by atoms with Crippen LogP contribution in [0, 0.1) is 12.8 Å². The molecule has 1 aromatic carbocycles. The van der Waals surface area contributed by atoms with Gasteiger partial charge in [-0.3, -0.25) is 14.5 Å². The van der Waals surface area contributed by atoms with Crippen molar-refractivity contribution in [2.75, 3.05) is 51.8 Å². The molecule has 9 nitrogen and oxygen atoms in total. The summed E-state index contributed by atoms with van der Waals surface area (Å²) in [4.78, 5) is 28.6. The first-order valence-corrected chi connectivity index (χ1v) is 11.6. The Morgan fingerprint density at radius 3 is 2.59 bits per heavy atom. The average molecular weight is 491 g/mol. The van der Waals surface area contributed by atoms with Crippen LogP contribution in [0.4, 0.5) is 5.82 Å². The van der Waals surface area contributed by atoms with Gasteiger partial charge in [0.15, 0.2) is 17.3 Å². The van der Waals surface area contributed by atoms with Gasteiger partial charge in [0.1, 0.15) is 5.76 Å². The highest BCUT2D eigenvalue weighted by molar-refractivity contribution is 6.32. The predicted octanol–water partition coefficient (Wildman–Crippen LogP) is 3.48. The van der Waals surface area contributed by atoms with E-state index >= 15 is 0 Å². The molecule has 0 aliphatic carbocycles. The largest absolute Gasteiger partial charge is 0.493 e. The summed E-state index contributed by atoms with van der Waals surface area (Å²) in [5.41, 5.74) is 0.741. The second-order valence-electron chi connectivity index (χ2n) is 8.54. The van der Waals surface area contributed by atoms with E-state index < -0.39 is 0 Å². The van der Waals surface area contributed by atoms with Crippen LogP contribution in [-0.2, 0) is 9.59 Å². The van der Waals surface area contributed by atoms with Crippen LogP contribution in [0.2, 0.25) is 5.02 Å².